The molecule has 0 aromatic carbocycles. The Morgan fingerprint density at radius 1 is 1.00 bits per heavy atom. The van der Waals surface area contributed by atoms with Crippen molar-refractivity contribution in [2.45, 2.75) is 54.4 Å². The summed E-state index contributed by atoms with van der Waals surface area (Å²) < 4.78 is 0. The van der Waals surface area contributed by atoms with E-state index in [1.165, 1.54) is 19.8 Å². The second-order valence-electron chi connectivity index (χ2n) is 5.79. The Bertz CT molecular complexity index is 205. The van der Waals surface area contributed by atoms with Gasteiger partial charge in [-0.3, -0.25) is 4.79 Å². The Balaban J connectivity index is 0.000000255. The second kappa shape index (κ2) is 4.52. The molecule has 0 aliphatic heterocycles. The van der Waals surface area contributed by atoms with E-state index in [9.17, 15) is 4.79 Å². The Kier molecular flexibility index (Phi) is 4.44. The molecule has 0 bridgehead atoms. The van der Waals surface area contributed by atoms with Crippen LogP contribution < -0.4 is 0 Å². The lowest BCUT2D eigenvalue weighted by Gasteiger charge is -2.49. The Morgan fingerprint density at radius 2 is 1.21 bits per heavy atom. The number of rotatable bonds is 1. The largest absolute Gasteiger partial charge is 0.294 e. The minimum Gasteiger partial charge on any atom is -0.294 e. The predicted octanol–water partition coefficient (Wildman–Crippen LogP) is 3.80. The minimum atomic E-state index is -0.00926. The first-order valence-electron chi connectivity index (χ1n) is 5.07. The third-order valence-corrected chi connectivity index (χ3v) is 2.70. The number of ketones is 1. The van der Waals surface area contributed by atoms with Crippen molar-refractivity contribution in [2.24, 2.45) is 10.8 Å². The van der Waals surface area contributed by atoms with E-state index in [1.807, 2.05) is 0 Å². The molecule has 0 atom stereocenters. The lowest BCUT2D eigenvalue weighted by molar-refractivity contribution is -0.110. The third kappa shape index (κ3) is 5.48. The molecule has 82 valence electrons. The van der Waals surface area contributed by atoms with E-state index in [1.54, 1.807) is 6.92 Å². The van der Waals surface area contributed by atoms with Crippen LogP contribution in [0.3, 0.4) is 0 Å². The zero-order chi connectivity index (χ0) is 11.6. The molecule has 0 saturated heterocycles. The summed E-state index contributed by atoms with van der Waals surface area (Å²) in [5.74, 6) is -0.00926. The van der Waals surface area contributed by atoms with Crippen molar-refractivity contribution in [1.82, 2.24) is 0 Å². The van der Waals surface area contributed by atoms with E-state index in [0.29, 0.717) is 15.7 Å². The van der Waals surface area contributed by atoms with Gasteiger partial charge in [-0.25, -0.2) is 0 Å². The smallest absolute Gasteiger partial charge is 0.166 e. The van der Waals surface area contributed by atoms with E-state index in [0.717, 1.165) is 0 Å². The molecule has 0 aromatic heterocycles. The van der Waals surface area contributed by atoms with Gasteiger partial charge >= 0.3 is 0 Å². The highest BCUT2D eigenvalue weighted by Crippen LogP contribution is 2.53. The molecule has 1 aliphatic carbocycles. The van der Waals surface area contributed by atoms with Gasteiger partial charge in [-0.15, -0.1) is 0 Å². The van der Waals surface area contributed by atoms with Crippen molar-refractivity contribution in [3.8, 4) is 0 Å². The fourth-order valence-electron chi connectivity index (χ4n) is 2.54. The molecule has 14 heavy (non-hydrogen) atoms. The Morgan fingerprint density at radius 3 is 1.21 bits per heavy atom. The monoisotopic (exact) mass is 214 g/mol. The molecule has 1 fully saturated rings. The maximum Gasteiger partial charge on any atom is 0.166 e. The highest BCUT2D eigenvalue weighted by Gasteiger charge is 2.41. The maximum atomic E-state index is 10.0. The normalized spacial score (nSPS) is 21.3. The zero-order valence-corrected chi connectivity index (χ0v) is 11.0. The molecular weight excluding hydrogens is 192 g/mol. The number of hydrogen-bond donors (Lipinski definition) is 0. The van der Waals surface area contributed by atoms with Crippen molar-refractivity contribution in [3.63, 3.8) is 0 Å². The third-order valence-electron chi connectivity index (χ3n) is 2.41. The fourth-order valence-corrected chi connectivity index (χ4v) is 2.54. The average Bonchev–Trinajstić information content (AvgIpc) is 1.80. The number of Topliss-reactive ketones (excluding diaryl/α,β-unsaturated/α-hetero) is 1. The van der Waals surface area contributed by atoms with E-state index in [-0.39, 0.29) is 5.78 Å². The van der Waals surface area contributed by atoms with Crippen molar-refractivity contribution < 1.29 is 4.79 Å². The number of hydrogen-bond acceptors (Lipinski definition) is 2. The molecule has 0 unspecified atom stereocenters. The van der Waals surface area contributed by atoms with Gasteiger partial charge in [0, 0.05) is 0 Å². The van der Waals surface area contributed by atoms with E-state index < -0.39 is 0 Å². The molecule has 2 heteroatoms. The SMILES string of the molecule is CC(=O)C(C)=S.CC1(C)CC(C)(C)C1. The summed E-state index contributed by atoms with van der Waals surface area (Å²) in [5, 5.41) is 0. The molecule has 0 N–H and O–H groups in total. The Labute approximate surface area is 93.3 Å². The number of carbonyl (C=O) groups excluding carboxylic acids is 1. The summed E-state index contributed by atoms with van der Waals surface area (Å²) in [7, 11) is 0. The summed E-state index contributed by atoms with van der Waals surface area (Å²) in [5.41, 5.74) is 1.31. The fraction of sp³-hybridized carbons (Fsp3) is 0.833. The van der Waals surface area contributed by atoms with Gasteiger partial charge in [0.1, 0.15) is 0 Å². The highest BCUT2D eigenvalue weighted by atomic mass is 32.1. The van der Waals surface area contributed by atoms with Gasteiger partial charge in [0.25, 0.3) is 0 Å². The van der Waals surface area contributed by atoms with Crippen LogP contribution in [0.2, 0.25) is 0 Å². The second-order valence-corrected chi connectivity index (χ2v) is 6.41. The lowest BCUT2D eigenvalue weighted by atomic mass is 9.56. The van der Waals surface area contributed by atoms with Gasteiger partial charge in [0.05, 0.1) is 4.86 Å². The molecule has 1 nitrogen and oxygen atoms in total. The van der Waals surface area contributed by atoms with Gasteiger partial charge in [-0.05, 0) is 37.5 Å². The minimum absolute atomic E-state index is 0.00926. The van der Waals surface area contributed by atoms with Gasteiger partial charge < -0.3 is 0 Å². The summed E-state index contributed by atoms with van der Waals surface area (Å²) in [6, 6.07) is 0. The highest BCUT2D eigenvalue weighted by molar-refractivity contribution is 7.82. The van der Waals surface area contributed by atoms with Crippen molar-refractivity contribution in [2.75, 3.05) is 0 Å². The van der Waals surface area contributed by atoms with E-state index >= 15 is 0 Å². The van der Waals surface area contributed by atoms with Gasteiger partial charge in [0.15, 0.2) is 5.78 Å². The summed E-state index contributed by atoms with van der Waals surface area (Å²) in [6.07, 6.45) is 2.81. The molecule has 0 heterocycles. The van der Waals surface area contributed by atoms with Crippen LogP contribution >= 0.6 is 12.2 Å². The first-order chi connectivity index (χ1) is 6.06. The summed E-state index contributed by atoms with van der Waals surface area (Å²) >= 11 is 4.47. The van der Waals surface area contributed by atoms with Crippen LogP contribution in [0.25, 0.3) is 0 Å². The predicted molar refractivity (Wildman–Crippen MR) is 65.7 cm³/mol. The van der Waals surface area contributed by atoms with Crippen LogP contribution in [0, 0.1) is 10.8 Å². The van der Waals surface area contributed by atoms with Crippen LogP contribution in [0.4, 0.5) is 0 Å². The van der Waals surface area contributed by atoms with Crippen LogP contribution in [0.5, 0.6) is 0 Å². The van der Waals surface area contributed by atoms with Crippen molar-refractivity contribution in [1.29, 1.82) is 0 Å². The molecule has 0 amide bonds. The Hall–Kier alpha value is -0.240. The first kappa shape index (κ1) is 13.8. The van der Waals surface area contributed by atoms with Crippen molar-refractivity contribution >= 4 is 22.9 Å². The maximum absolute atomic E-state index is 10.0. The van der Waals surface area contributed by atoms with Crippen LogP contribution in [-0.2, 0) is 4.79 Å². The van der Waals surface area contributed by atoms with Crippen LogP contribution in [-0.4, -0.2) is 10.6 Å². The van der Waals surface area contributed by atoms with E-state index in [2.05, 4.69) is 39.9 Å². The van der Waals surface area contributed by atoms with Gasteiger partial charge in [-0.1, -0.05) is 39.9 Å². The summed E-state index contributed by atoms with van der Waals surface area (Å²) in [4.78, 5) is 10.5. The molecule has 0 radical (unpaired) electrons. The number of carbonyl (C=O) groups is 1. The molecule has 1 saturated carbocycles. The van der Waals surface area contributed by atoms with Crippen LogP contribution in [0.15, 0.2) is 0 Å². The van der Waals surface area contributed by atoms with E-state index in [4.69, 9.17) is 0 Å². The van der Waals surface area contributed by atoms with Crippen molar-refractivity contribution in [3.05, 3.63) is 0 Å². The standard InChI is InChI=1S/C8H16.C4H6OS/c1-7(2)5-8(3,4)6-7;1-3(5)4(2)6/h5-6H2,1-4H3;1-2H3. The summed E-state index contributed by atoms with van der Waals surface area (Å²) in [6.45, 7) is 12.5. The molecule has 0 aromatic rings. The molecule has 1 aliphatic rings. The lowest BCUT2D eigenvalue weighted by Crippen LogP contribution is -2.38. The molecule has 0 spiro atoms. The molecule has 1 rings (SSSR count). The van der Waals surface area contributed by atoms with Crippen LogP contribution in [0.1, 0.15) is 54.4 Å². The zero-order valence-electron chi connectivity index (χ0n) is 10.2. The first-order valence-corrected chi connectivity index (χ1v) is 5.48. The van der Waals surface area contributed by atoms with Gasteiger partial charge in [0.2, 0.25) is 0 Å². The van der Waals surface area contributed by atoms with Gasteiger partial charge in [-0.2, -0.15) is 0 Å². The average molecular weight is 214 g/mol. The molecular formula is C12H22OS. The quantitative estimate of drug-likeness (QED) is 0.618. The number of thiocarbonyl (C=S) groups is 1. The topological polar surface area (TPSA) is 17.1 Å².